The lowest BCUT2D eigenvalue weighted by atomic mass is 9.85. The summed E-state index contributed by atoms with van der Waals surface area (Å²) < 4.78 is 0. The van der Waals surface area contributed by atoms with E-state index in [-0.39, 0.29) is 5.54 Å². The van der Waals surface area contributed by atoms with Gasteiger partial charge in [-0.25, -0.2) is 0 Å². The summed E-state index contributed by atoms with van der Waals surface area (Å²) in [5.41, 5.74) is 7.77. The second-order valence-corrected chi connectivity index (χ2v) is 3.60. The number of aldehydes is 1. The average molecular weight is 191 g/mol. The summed E-state index contributed by atoms with van der Waals surface area (Å²) in [6.45, 7) is 4.16. The van der Waals surface area contributed by atoms with Crippen molar-refractivity contribution in [2.24, 2.45) is 5.73 Å². The number of carbonyl (C=O) groups excluding carboxylic acids is 1. The standard InChI is InChI=1S/C12H17NO/c1-3-12(13,4-2)11-7-5-10(9-14)6-8-11/h5-9H,3-4,13H2,1-2H3. The Morgan fingerprint density at radius 3 is 2.07 bits per heavy atom. The van der Waals surface area contributed by atoms with Crippen molar-refractivity contribution in [2.75, 3.05) is 0 Å². The van der Waals surface area contributed by atoms with Gasteiger partial charge in [0.05, 0.1) is 0 Å². The molecule has 0 amide bonds. The third-order valence-electron chi connectivity index (χ3n) is 2.88. The van der Waals surface area contributed by atoms with E-state index in [2.05, 4.69) is 13.8 Å². The summed E-state index contributed by atoms with van der Waals surface area (Å²) in [6, 6.07) is 7.51. The van der Waals surface area contributed by atoms with E-state index >= 15 is 0 Å². The smallest absolute Gasteiger partial charge is 0.150 e. The van der Waals surface area contributed by atoms with Gasteiger partial charge < -0.3 is 5.73 Å². The molecule has 2 heteroatoms. The average Bonchev–Trinajstić information content (AvgIpc) is 2.28. The Labute approximate surface area is 85.1 Å². The molecule has 0 aliphatic heterocycles. The molecule has 0 heterocycles. The fourth-order valence-electron chi connectivity index (χ4n) is 1.55. The summed E-state index contributed by atoms with van der Waals surface area (Å²) in [5, 5.41) is 0. The maximum Gasteiger partial charge on any atom is 0.150 e. The van der Waals surface area contributed by atoms with E-state index in [1.165, 1.54) is 0 Å². The van der Waals surface area contributed by atoms with Gasteiger partial charge in [-0.15, -0.1) is 0 Å². The highest BCUT2D eigenvalue weighted by molar-refractivity contribution is 5.74. The molecule has 1 aromatic carbocycles. The summed E-state index contributed by atoms with van der Waals surface area (Å²) >= 11 is 0. The Hall–Kier alpha value is -1.15. The number of benzene rings is 1. The molecule has 76 valence electrons. The molecule has 2 N–H and O–H groups in total. The zero-order valence-electron chi connectivity index (χ0n) is 8.79. The lowest BCUT2D eigenvalue weighted by molar-refractivity contribution is 0.112. The van der Waals surface area contributed by atoms with Crippen LogP contribution in [0.2, 0.25) is 0 Å². The maximum atomic E-state index is 10.5. The van der Waals surface area contributed by atoms with Gasteiger partial charge in [-0.1, -0.05) is 38.1 Å². The summed E-state index contributed by atoms with van der Waals surface area (Å²) in [7, 11) is 0. The Balaban J connectivity index is 3.00. The van der Waals surface area contributed by atoms with Crippen LogP contribution in [0.25, 0.3) is 0 Å². The van der Waals surface area contributed by atoms with Crippen LogP contribution in [-0.2, 0) is 5.54 Å². The molecular formula is C12H17NO. The molecule has 2 nitrogen and oxygen atoms in total. The first-order valence-electron chi connectivity index (χ1n) is 5.01. The Morgan fingerprint density at radius 1 is 1.21 bits per heavy atom. The third-order valence-corrected chi connectivity index (χ3v) is 2.88. The molecule has 0 aromatic heterocycles. The Morgan fingerprint density at radius 2 is 1.71 bits per heavy atom. The molecule has 1 aromatic rings. The molecule has 14 heavy (non-hydrogen) atoms. The lowest BCUT2D eigenvalue weighted by Crippen LogP contribution is -2.34. The van der Waals surface area contributed by atoms with Crippen molar-refractivity contribution in [1.82, 2.24) is 0 Å². The number of hydrogen-bond acceptors (Lipinski definition) is 2. The monoisotopic (exact) mass is 191 g/mol. The second kappa shape index (κ2) is 4.38. The fraction of sp³-hybridized carbons (Fsp3) is 0.417. The van der Waals surface area contributed by atoms with E-state index in [0.717, 1.165) is 24.7 Å². The summed E-state index contributed by atoms with van der Waals surface area (Å²) in [4.78, 5) is 10.5. The van der Waals surface area contributed by atoms with Crippen LogP contribution in [0.3, 0.4) is 0 Å². The van der Waals surface area contributed by atoms with Gasteiger partial charge in [-0.3, -0.25) is 4.79 Å². The fourth-order valence-corrected chi connectivity index (χ4v) is 1.55. The van der Waals surface area contributed by atoms with Crippen molar-refractivity contribution in [3.05, 3.63) is 35.4 Å². The molecule has 0 spiro atoms. The topological polar surface area (TPSA) is 43.1 Å². The first kappa shape index (κ1) is 10.9. The number of nitrogens with two attached hydrogens (primary N) is 1. The molecular weight excluding hydrogens is 174 g/mol. The highest BCUT2D eigenvalue weighted by Crippen LogP contribution is 2.25. The zero-order chi connectivity index (χ0) is 10.6. The molecule has 0 atom stereocenters. The number of rotatable bonds is 4. The molecule has 0 aliphatic carbocycles. The molecule has 1 rings (SSSR count). The highest BCUT2D eigenvalue weighted by atomic mass is 16.1. The maximum absolute atomic E-state index is 10.5. The zero-order valence-corrected chi connectivity index (χ0v) is 8.79. The summed E-state index contributed by atoms with van der Waals surface area (Å²) in [6.07, 6.45) is 2.66. The van der Waals surface area contributed by atoms with Gasteiger partial charge in [0.2, 0.25) is 0 Å². The predicted octanol–water partition coefficient (Wildman–Crippen LogP) is 2.47. The quantitative estimate of drug-likeness (QED) is 0.743. The van der Waals surface area contributed by atoms with Crippen molar-refractivity contribution in [2.45, 2.75) is 32.2 Å². The molecule has 0 fully saturated rings. The molecule has 0 aliphatic rings. The Bertz CT molecular complexity index is 299. The first-order valence-corrected chi connectivity index (χ1v) is 5.01. The molecule has 0 saturated carbocycles. The van der Waals surface area contributed by atoms with Gasteiger partial charge in [0, 0.05) is 11.1 Å². The first-order chi connectivity index (χ1) is 6.66. The third kappa shape index (κ3) is 2.02. The van der Waals surface area contributed by atoms with Crippen molar-refractivity contribution < 1.29 is 4.79 Å². The van der Waals surface area contributed by atoms with Gasteiger partial charge in [-0.05, 0) is 18.4 Å². The molecule has 0 bridgehead atoms. The van der Waals surface area contributed by atoms with E-state index in [9.17, 15) is 4.79 Å². The normalized spacial score (nSPS) is 11.4. The van der Waals surface area contributed by atoms with E-state index in [0.29, 0.717) is 5.56 Å². The van der Waals surface area contributed by atoms with Crippen LogP contribution >= 0.6 is 0 Å². The van der Waals surface area contributed by atoms with Crippen LogP contribution < -0.4 is 5.73 Å². The van der Waals surface area contributed by atoms with Gasteiger partial charge in [0.1, 0.15) is 6.29 Å². The van der Waals surface area contributed by atoms with Crippen molar-refractivity contribution in [3.63, 3.8) is 0 Å². The minimum Gasteiger partial charge on any atom is -0.321 e. The molecule has 0 radical (unpaired) electrons. The number of hydrogen-bond donors (Lipinski definition) is 1. The van der Waals surface area contributed by atoms with Crippen LogP contribution in [-0.4, -0.2) is 6.29 Å². The Kier molecular flexibility index (Phi) is 3.42. The lowest BCUT2D eigenvalue weighted by Gasteiger charge is -2.27. The molecule has 0 unspecified atom stereocenters. The van der Waals surface area contributed by atoms with Gasteiger partial charge in [0.15, 0.2) is 0 Å². The highest BCUT2D eigenvalue weighted by Gasteiger charge is 2.22. The van der Waals surface area contributed by atoms with Crippen LogP contribution in [0.1, 0.15) is 42.6 Å². The minimum absolute atomic E-state index is 0.249. The largest absolute Gasteiger partial charge is 0.321 e. The van der Waals surface area contributed by atoms with Crippen LogP contribution in [0, 0.1) is 0 Å². The van der Waals surface area contributed by atoms with Crippen molar-refractivity contribution in [1.29, 1.82) is 0 Å². The van der Waals surface area contributed by atoms with E-state index in [1.54, 1.807) is 0 Å². The van der Waals surface area contributed by atoms with E-state index in [4.69, 9.17) is 5.73 Å². The van der Waals surface area contributed by atoms with Crippen molar-refractivity contribution in [3.8, 4) is 0 Å². The van der Waals surface area contributed by atoms with Gasteiger partial charge in [-0.2, -0.15) is 0 Å². The van der Waals surface area contributed by atoms with Crippen LogP contribution in [0.15, 0.2) is 24.3 Å². The van der Waals surface area contributed by atoms with Crippen molar-refractivity contribution >= 4 is 6.29 Å². The minimum atomic E-state index is -0.249. The second-order valence-electron chi connectivity index (χ2n) is 3.60. The van der Waals surface area contributed by atoms with E-state index < -0.39 is 0 Å². The van der Waals surface area contributed by atoms with Gasteiger partial charge in [0.25, 0.3) is 0 Å². The van der Waals surface area contributed by atoms with Crippen LogP contribution in [0.4, 0.5) is 0 Å². The van der Waals surface area contributed by atoms with Gasteiger partial charge >= 0.3 is 0 Å². The number of carbonyl (C=O) groups is 1. The predicted molar refractivity (Wildman–Crippen MR) is 58.3 cm³/mol. The van der Waals surface area contributed by atoms with Crippen LogP contribution in [0.5, 0.6) is 0 Å². The SMILES string of the molecule is CCC(N)(CC)c1ccc(C=O)cc1. The molecule has 0 saturated heterocycles. The van der Waals surface area contributed by atoms with E-state index in [1.807, 2.05) is 24.3 Å². The summed E-state index contributed by atoms with van der Waals surface area (Å²) in [5.74, 6) is 0.